The first kappa shape index (κ1) is 14.7. The van der Waals surface area contributed by atoms with Crippen LogP contribution in [0.25, 0.3) is 15.5 Å². The highest BCUT2D eigenvalue weighted by Gasteiger charge is 2.28. The normalized spacial score (nSPS) is 16.3. The molecule has 3 heterocycles. The van der Waals surface area contributed by atoms with Crippen LogP contribution in [0.4, 0.5) is 0 Å². The number of hydrogen-bond acceptors (Lipinski definition) is 6. The summed E-state index contributed by atoms with van der Waals surface area (Å²) in [4.78, 5) is 0.687. The molecule has 8 heteroatoms. The van der Waals surface area contributed by atoms with Crippen LogP contribution in [0.2, 0.25) is 5.02 Å². The van der Waals surface area contributed by atoms with Gasteiger partial charge in [-0.3, -0.25) is 0 Å². The van der Waals surface area contributed by atoms with E-state index >= 15 is 0 Å². The minimum absolute atomic E-state index is 0.358. The number of fused-ring (bicyclic) bond motifs is 2. The van der Waals surface area contributed by atoms with E-state index < -0.39 is 0 Å². The molecule has 124 valence electrons. The van der Waals surface area contributed by atoms with Gasteiger partial charge in [0.25, 0.3) is 0 Å². The van der Waals surface area contributed by atoms with Gasteiger partial charge in [-0.2, -0.15) is 9.61 Å². The van der Waals surface area contributed by atoms with Crippen molar-refractivity contribution in [2.45, 2.75) is 6.10 Å². The Morgan fingerprint density at radius 2 is 1.84 bits per heavy atom. The third-order valence-corrected chi connectivity index (χ3v) is 5.18. The fraction of sp³-hybridized carbons (Fsp3) is 0.118. The quantitative estimate of drug-likeness (QED) is 0.533. The van der Waals surface area contributed by atoms with Crippen molar-refractivity contribution in [2.24, 2.45) is 0 Å². The van der Waals surface area contributed by atoms with Crippen molar-refractivity contribution in [1.29, 1.82) is 0 Å². The predicted octanol–water partition coefficient (Wildman–Crippen LogP) is 4.02. The minimum Gasteiger partial charge on any atom is -0.485 e. The van der Waals surface area contributed by atoms with Crippen LogP contribution in [0.3, 0.4) is 0 Å². The zero-order valence-corrected chi connectivity index (χ0v) is 14.4. The zero-order chi connectivity index (χ0) is 16.8. The number of para-hydroxylation sites is 2. The lowest BCUT2D eigenvalue weighted by Crippen LogP contribution is -2.23. The van der Waals surface area contributed by atoms with Gasteiger partial charge in [-0.05, 0) is 18.2 Å². The molecular formula is C17H11ClN4O2S. The van der Waals surface area contributed by atoms with Crippen molar-refractivity contribution in [2.75, 3.05) is 6.61 Å². The first-order chi connectivity index (χ1) is 12.3. The molecular weight excluding hydrogens is 360 g/mol. The molecule has 0 saturated heterocycles. The lowest BCUT2D eigenvalue weighted by molar-refractivity contribution is 0.0836. The summed E-state index contributed by atoms with van der Waals surface area (Å²) in [7, 11) is 0. The van der Waals surface area contributed by atoms with Gasteiger partial charge in [0.1, 0.15) is 11.6 Å². The Balaban J connectivity index is 1.54. The highest BCUT2D eigenvalue weighted by atomic mass is 35.5. The Labute approximate surface area is 151 Å². The van der Waals surface area contributed by atoms with Crippen molar-refractivity contribution in [3.8, 4) is 22.1 Å². The van der Waals surface area contributed by atoms with Crippen molar-refractivity contribution in [3.63, 3.8) is 0 Å². The second-order valence-electron chi connectivity index (χ2n) is 5.50. The number of rotatable bonds is 2. The maximum atomic E-state index is 6.27. The summed E-state index contributed by atoms with van der Waals surface area (Å²) >= 11 is 7.71. The number of benzene rings is 2. The molecule has 0 N–H and O–H groups in total. The maximum Gasteiger partial charge on any atom is 0.235 e. The van der Waals surface area contributed by atoms with Gasteiger partial charge >= 0.3 is 0 Å². The lowest BCUT2D eigenvalue weighted by atomic mass is 10.2. The Morgan fingerprint density at radius 1 is 1.04 bits per heavy atom. The first-order valence-electron chi connectivity index (χ1n) is 7.65. The average molecular weight is 371 g/mol. The molecule has 0 spiro atoms. The van der Waals surface area contributed by atoms with Crippen molar-refractivity contribution in [1.82, 2.24) is 19.8 Å². The average Bonchev–Trinajstić information content (AvgIpc) is 3.22. The molecule has 0 bridgehead atoms. The largest absolute Gasteiger partial charge is 0.485 e. The monoisotopic (exact) mass is 370 g/mol. The Bertz CT molecular complexity index is 1080. The van der Waals surface area contributed by atoms with E-state index in [0.29, 0.717) is 28.2 Å². The standard InChI is InChI=1S/C17H11ClN4O2S/c18-11-6-2-1-5-10(11)16-21-22-15(19-20-17(22)25-16)14-9-23-12-7-3-4-8-13(12)24-14/h1-8,14H,9H2/t14-/m1/s1. The molecule has 25 heavy (non-hydrogen) atoms. The Kier molecular flexibility index (Phi) is 3.36. The molecule has 1 aliphatic heterocycles. The van der Waals surface area contributed by atoms with Gasteiger partial charge in [-0.25, -0.2) is 0 Å². The fourth-order valence-corrected chi connectivity index (χ4v) is 3.89. The smallest absolute Gasteiger partial charge is 0.235 e. The van der Waals surface area contributed by atoms with Crippen LogP contribution in [-0.2, 0) is 0 Å². The molecule has 1 aliphatic rings. The lowest BCUT2D eigenvalue weighted by Gasteiger charge is -2.24. The van der Waals surface area contributed by atoms with Gasteiger partial charge in [0.2, 0.25) is 4.96 Å². The van der Waals surface area contributed by atoms with E-state index in [1.165, 1.54) is 11.3 Å². The van der Waals surface area contributed by atoms with Crippen LogP contribution in [0, 0.1) is 0 Å². The second-order valence-corrected chi connectivity index (χ2v) is 6.87. The van der Waals surface area contributed by atoms with E-state index in [1.54, 1.807) is 4.52 Å². The summed E-state index contributed by atoms with van der Waals surface area (Å²) in [5.74, 6) is 2.03. The van der Waals surface area contributed by atoms with Crippen molar-refractivity contribution >= 4 is 27.9 Å². The molecule has 4 aromatic rings. The van der Waals surface area contributed by atoms with E-state index in [4.69, 9.17) is 21.1 Å². The topological polar surface area (TPSA) is 61.5 Å². The first-order valence-corrected chi connectivity index (χ1v) is 8.84. The number of halogens is 1. The molecule has 2 aromatic heterocycles. The molecule has 2 aromatic carbocycles. The minimum atomic E-state index is -0.369. The summed E-state index contributed by atoms with van der Waals surface area (Å²) in [6.45, 7) is 0.358. The van der Waals surface area contributed by atoms with E-state index in [-0.39, 0.29) is 6.10 Å². The number of aromatic nitrogens is 4. The van der Waals surface area contributed by atoms with E-state index in [9.17, 15) is 0 Å². The third kappa shape index (κ3) is 2.43. The molecule has 0 aliphatic carbocycles. The maximum absolute atomic E-state index is 6.27. The van der Waals surface area contributed by atoms with Gasteiger partial charge < -0.3 is 9.47 Å². The van der Waals surface area contributed by atoms with Gasteiger partial charge in [-0.15, -0.1) is 10.2 Å². The Morgan fingerprint density at radius 3 is 2.72 bits per heavy atom. The molecule has 0 amide bonds. The van der Waals surface area contributed by atoms with Crippen molar-refractivity contribution in [3.05, 3.63) is 59.4 Å². The zero-order valence-electron chi connectivity index (χ0n) is 12.8. The number of hydrogen-bond donors (Lipinski definition) is 0. The summed E-state index contributed by atoms with van der Waals surface area (Å²) in [5.41, 5.74) is 0.872. The molecule has 0 saturated carbocycles. The molecule has 0 radical (unpaired) electrons. The van der Waals surface area contributed by atoms with Gasteiger partial charge in [0.15, 0.2) is 23.4 Å². The highest BCUT2D eigenvalue weighted by molar-refractivity contribution is 7.19. The van der Waals surface area contributed by atoms with Gasteiger partial charge in [0.05, 0.1) is 5.02 Å². The van der Waals surface area contributed by atoms with E-state index in [1.807, 2.05) is 48.5 Å². The summed E-state index contributed by atoms with van der Waals surface area (Å²) in [5, 5.41) is 14.5. The van der Waals surface area contributed by atoms with Gasteiger partial charge in [-0.1, -0.05) is 53.3 Å². The van der Waals surface area contributed by atoms with Crippen LogP contribution < -0.4 is 9.47 Å². The fourth-order valence-electron chi connectivity index (χ4n) is 2.72. The predicted molar refractivity (Wildman–Crippen MR) is 94.4 cm³/mol. The van der Waals surface area contributed by atoms with Crippen molar-refractivity contribution < 1.29 is 9.47 Å². The van der Waals surface area contributed by atoms with E-state index in [0.717, 1.165) is 16.3 Å². The summed E-state index contributed by atoms with van der Waals surface area (Å²) in [6, 6.07) is 15.2. The van der Waals surface area contributed by atoms with Crippen LogP contribution >= 0.6 is 22.9 Å². The second kappa shape index (κ2) is 5.72. The number of nitrogens with zero attached hydrogens (tertiary/aromatic N) is 4. The van der Waals surface area contributed by atoms with E-state index in [2.05, 4.69) is 15.3 Å². The molecule has 1 atom stereocenters. The van der Waals surface area contributed by atoms with Gasteiger partial charge in [0, 0.05) is 5.56 Å². The summed E-state index contributed by atoms with van der Waals surface area (Å²) in [6.07, 6.45) is -0.369. The number of ether oxygens (including phenoxy) is 2. The molecule has 6 nitrogen and oxygen atoms in total. The SMILES string of the molecule is Clc1ccccc1-c1nn2c([C@H]3COc4ccccc4O3)nnc2s1. The molecule has 5 rings (SSSR count). The van der Waals surface area contributed by atoms with Crippen LogP contribution in [0.15, 0.2) is 48.5 Å². The third-order valence-electron chi connectivity index (χ3n) is 3.92. The highest BCUT2D eigenvalue weighted by Crippen LogP contribution is 2.36. The Hall–Kier alpha value is -2.64. The summed E-state index contributed by atoms with van der Waals surface area (Å²) < 4.78 is 13.5. The van der Waals surface area contributed by atoms with Crippen LogP contribution in [0.1, 0.15) is 11.9 Å². The molecule has 0 fully saturated rings. The molecule has 0 unspecified atom stereocenters. The van der Waals surface area contributed by atoms with Crippen LogP contribution in [-0.4, -0.2) is 26.4 Å². The van der Waals surface area contributed by atoms with Crippen LogP contribution in [0.5, 0.6) is 11.5 Å².